The molecule has 0 atom stereocenters. The first kappa shape index (κ1) is 27.8. The van der Waals surface area contributed by atoms with Crippen molar-refractivity contribution in [3.8, 4) is 17.3 Å². The molecule has 3 aromatic heterocycles. The van der Waals surface area contributed by atoms with Gasteiger partial charge in [-0.15, -0.1) is 59.2 Å². The fourth-order valence-corrected chi connectivity index (χ4v) is 4.59. The van der Waals surface area contributed by atoms with E-state index in [1.165, 1.54) is 21.8 Å². The Labute approximate surface area is 251 Å². The SMILES string of the molecule is Cc1[c-]c(C(=O)c2[c-]c(Oc3ccccn3)ccc2)ccc1.[Pt+2].c1ccc2c(c1)c1ccccc1n2-c1cn[nH]c1. The zero-order valence-corrected chi connectivity index (χ0v) is 24.3. The topological polar surface area (TPSA) is 72.8 Å². The fourth-order valence-electron chi connectivity index (χ4n) is 4.59. The zero-order valence-electron chi connectivity index (χ0n) is 22.0. The average Bonchev–Trinajstić information content (AvgIpc) is 3.64. The second-order valence-electron chi connectivity index (χ2n) is 9.10. The van der Waals surface area contributed by atoms with Gasteiger partial charge in [0.25, 0.3) is 0 Å². The minimum atomic E-state index is -0.129. The summed E-state index contributed by atoms with van der Waals surface area (Å²) in [6, 6.07) is 39.0. The molecule has 3 heterocycles. The normalized spacial score (nSPS) is 10.5. The molecule has 1 N–H and O–H groups in total. The van der Waals surface area contributed by atoms with Crippen molar-refractivity contribution in [2.45, 2.75) is 6.92 Å². The molecule has 41 heavy (non-hydrogen) atoms. The van der Waals surface area contributed by atoms with E-state index in [0.29, 0.717) is 22.8 Å². The molecule has 0 saturated heterocycles. The number of carbonyl (C=O) groups excluding carboxylic acids is 1. The van der Waals surface area contributed by atoms with Crippen molar-refractivity contribution in [3.63, 3.8) is 0 Å². The minimum Gasteiger partial charge on any atom is -0.459 e. The number of ketones is 1. The van der Waals surface area contributed by atoms with Crippen LogP contribution < -0.4 is 4.74 Å². The molecule has 0 aliphatic rings. The molecule has 0 amide bonds. The monoisotopic (exact) mass is 715 g/mol. The second-order valence-corrected chi connectivity index (χ2v) is 9.10. The van der Waals surface area contributed by atoms with E-state index in [1.54, 1.807) is 36.5 Å². The summed E-state index contributed by atoms with van der Waals surface area (Å²) >= 11 is 0. The predicted octanol–water partition coefficient (Wildman–Crippen LogP) is 7.52. The number of aromatic nitrogens is 4. The fraction of sp³-hybridized carbons (Fsp3) is 0.0294. The van der Waals surface area contributed by atoms with Crippen molar-refractivity contribution in [1.82, 2.24) is 19.7 Å². The molecule has 7 heteroatoms. The number of carbonyl (C=O) groups is 1. The number of fused-ring (bicyclic) bond motifs is 3. The van der Waals surface area contributed by atoms with Gasteiger partial charge in [0.1, 0.15) is 0 Å². The Morgan fingerprint density at radius 3 is 2.07 bits per heavy atom. The summed E-state index contributed by atoms with van der Waals surface area (Å²) in [5.41, 5.74) is 5.36. The minimum absolute atomic E-state index is 0. The van der Waals surface area contributed by atoms with Crippen molar-refractivity contribution >= 4 is 27.6 Å². The summed E-state index contributed by atoms with van der Waals surface area (Å²) in [5.74, 6) is 0.790. The molecular formula is C34H24N4O2Pt. The van der Waals surface area contributed by atoms with Crippen LogP contribution in [-0.2, 0) is 21.1 Å². The van der Waals surface area contributed by atoms with Crippen LogP contribution in [0.5, 0.6) is 11.6 Å². The zero-order chi connectivity index (χ0) is 27.3. The third kappa shape index (κ3) is 6.03. The maximum atomic E-state index is 12.5. The molecule has 202 valence electrons. The molecule has 0 fully saturated rings. The van der Waals surface area contributed by atoms with Gasteiger partial charge in [-0.25, -0.2) is 4.98 Å². The molecule has 6 nitrogen and oxygen atoms in total. The van der Waals surface area contributed by atoms with Crippen molar-refractivity contribution in [3.05, 3.63) is 151 Å². The van der Waals surface area contributed by atoms with Gasteiger partial charge in [-0.05, 0) is 18.2 Å². The number of nitrogens with zero attached hydrogens (tertiary/aromatic N) is 3. The quantitative estimate of drug-likeness (QED) is 0.148. The number of aryl methyl sites for hydroxylation is 1. The molecule has 7 aromatic rings. The summed E-state index contributed by atoms with van der Waals surface area (Å²) < 4.78 is 7.83. The van der Waals surface area contributed by atoms with E-state index in [2.05, 4.69) is 80.4 Å². The van der Waals surface area contributed by atoms with E-state index in [1.807, 2.05) is 43.6 Å². The number of benzene rings is 4. The van der Waals surface area contributed by atoms with Crippen LogP contribution in [-0.4, -0.2) is 25.5 Å². The number of rotatable bonds is 5. The van der Waals surface area contributed by atoms with E-state index >= 15 is 0 Å². The van der Waals surface area contributed by atoms with E-state index < -0.39 is 0 Å². The predicted molar refractivity (Wildman–Crippen MR) is 156 cm³/mol. The van der Waals surface area contributed by atoms with Crippen molar-refractivity contribution < 1.29 is 30.6 Å². The standard InChI is InChI=1S/C19H13NO2.C15H11N3.Pt/c1-14-6-4-7-15(12-14)19(21)16-8-5-9-17(13-16)22-18-10-2-3-11-20-18;1-3-7-14-12(5-1)13-6-2-4-8-15(13)18(14)11-9-16-17-10-11;/h2-11H,1H3;1-10H,(H,16,17);/q-2;;+2. The Hall–Kier alpha value is -4.80. The molecule has 0 aliphatic carbocycles. The molecular weight excluding hydrogens is 691 g/mol. The van der Waals surface area contributed by atoms with E-state index in [9.17, 15) is 4.79 Å². The van der Waals surface area contributed by atoms with Gasteiger partial charge in [-0.3, -0.25) is 5.10 Å². The molecule has 0 radical (unpaired) electrons. The molecule has 7 rings (SSSR count). The van der Waals surface area contributed by atoms with Gasteiger partial charge in [0.15, 0.2) is 0 Å². The summed E-state index contributed by atoms with van der Waals surface area (Å²) in [4.78, 5) is 16.6. The van der Waals surface area contributed by atoms with E-state index in [0.717, 1.165) is 11.3 Å². The first-order valence-corrected chi connectivity index (χ1v) is 12.8. The molecule has 0 saturated carbocycles. The number of para-hydroxylation sites is 2. The number of hydrogen-bond donors (Lipinski definition) is 1. The maximum absolute atomic E-state index is 12.5. The molecule has 0 unspecified atom stereocenters. The summed E-state index contributed by atoms with van der Waals surface area (Å²) in [5, 5.41) is 9.47. The first-order chi connectivity index (χ1) is 19.7. The smallest absolute Gasteiger partial charge is 0.459 e. The van der Waals surface area contributed by atoms with E-state index in [-0.39, 0.29) is 26.8 Å². The van der Waals surface area contributed by atoms with Crippen LogP contribution in [0, 0.1) is 19.1 Å². The third-order valence-electron chi connectivity index (χ3n) is 6.37. The van der Waals surface area contributed by atoms with Crippen LogP contribution in [0.4, 0.5) is 0 Å². The second kappa shape index (κ2) is 12.6. The number of H-pyrrole nitrogens is 1. The number of hydrogen-bond acceptors (Lipinski definition) is 4. The Bertz CT molecular complexity index is 1860. The molecule has 4 aromatic carbocycles. The van der Waals surface area contributed by atoms with Gasteiger partial charge in [0.2, 0.25) is 5.88 Å². The summed E-state index contributed by atoms with van der Waals surface area (Å²) in [6.07, 6.45) is 5.41. The summed E-state index contributed by atoms with van der Waals surface area (Å²) in [7, 11) is 0. The van der Waals surface area contributed by atoms with Gasteiger partial charge in [-0.2, -0.15) is 5.10 Å². The Kier molecular flexibility index (Phi) is 8.52. The third-order valence-corrected chi connectivity index (χ3v) is 6.37. The van der Waals surface area contributed by atoms with Crippen LogP contribution in [0.2, 0.25) is 0 Å². The largest absolute Gasteiger partial charge is 2.00 e. The van der Waals surface area contributed by atoms with Crippen LogP contribution >= 0.6 is 0 Å². The van der Waals surface area contributed by atoms with Gasteiger partial charge in [0, 0.05) is 35.0 Å². The Morgan fingerprint density at radius 2 is 1.44 bits per heavy atom. The Morgan fingerprint density at radius 1 is 0.780 bits per heavy atom. The molecule has 0 spiro atoms. The number of pyridine rings is 1. The number of aromatic amines is 1. The summed E-state index contributed by atoms with van der Waals surface area (Å²) in [6.45, 7) is 1.90. The van der Waals surface area contributed by atoms with Crippen LogP contribution in [0.25, 0.3) is 27.5 Å². The van der Waals surface area contributed by atoms with Crippen LogP contribution in [0.3, 0.4) is 0 Å². The van der Waals surface area contributed by atoms with Gasteiger partial charge in [0.05, 0.1) is 28.7 Å². The average molecular weight is 716 g/mol. The van der Waals surface area contributed by atoms with Crippen molar-refractivity contribution in [1.29, 1.82) is 0 Å². The van der Waals surface area contributed by atoms with Gasteiger partial charge < -0.3 is 14.1 Å². The van der Waals surface area contributed by atoms with Crippen LogP contribution in [0.15, 0.2) is 122 Å². The number of ether oxygens (including phenoxy) is 1. The number of nitrogens with one attached hydrogen (secondary N) is 1. The van der Waals surface area contributed by atoms with Gasteiger partial charge >= 0.3 is 21.1 Å². The van der Waals surface area contributed by atoms with Crippen LogP contribution in [0.1, 0.15) is 21.5 Å². The van der Waals surface area contributed by atoms with Crippen molar-refractivity contribution in [2.75, 3.05) is 0 Å². The molecule has 0 aliphatic heterocycles. The van der Waals surface area contributed by atoms with Crippen molar-refractivity contribution in [2.24, 2.45) is 0 Å². The maximum Gasteiger partial charge on any atom is 2.00 e. The van der Waals surface area contributed by atoms with Gasteiger partial charge in [-0.1, -0.05) is 55.5 Å². The Balaban J connectivity index is 0.000000163. The first-order valence-electron chi connectivity index (χ1n) is 12.8. The molecule has 0 bridgehead atoms. The van der Waals surface area contributed by atoms with E-state index in [4.69, 9.17) is 4.74 Å².